The Balaban J connectivity index is 2.74. The molecular formula is C13H20BrN. The van der Waals surface area contributed by atoms with E-state index in [-0.39, 0.29) is 0 Å². The van der Waals surface area contributed by atoms with Crippen molar-refractivity contribution in [3.63, 3.8) is 0 Å². The molecule has 84 valence electrons. The molecule has 0 bridgehead atoms. The van der Waals surface area contributed by atoms with Gasteiger partial charge in [0.25, 0.3) is 0 Å². The van der Waals surface area contributed by atoms with Crippen LogP contribution in [-0.4, -0.2) is 6.54 Å². The molecule has 0 aliphatic heterocycles. The summed E-state index contributed by atoms with van der Waals surface area (Å²) in [6, 6.07) is 9.07. The SMILES string of the molecule is CCCNC(c1ccc(Br)cc1)C(C)C. The first-order valence-electron chi connectivity index (χ1n) is 5.64. The van der Waals surface area contributed by atoms with E-state index in [1.165, 1.54) is 12.0 Å². The quantitative estimate of drug-likeness (QED) is 0.847. The van der Waals surface area contributed by atoms with E-state index in [9.17, 15) is 0 Å². The number of nitrogens with one attached hydrogen (secondary N) is 1. The average Bonchev–Trinajstić information content (AvgIpc) is 2.21. The summed E-state index contributed by atoms with van der Waals surface area (Å²) < 4.78 is 1.14. The molecule has 0 amide bonds. The number of benzene rings is 1. The molecule has 0 saturated heterocycles. The molecule has 1 nitrogen and oxygen atoms in total. The fourth-order valence-corrected chi connectivity index (χ4v) is 1.97. The van der Waals surface area contributed by atoms with E-state index in [4.69, 9.17) is 0 Å². The van der Waals surface area contributed by atoms with Crippen molar-refractivity contribution in [2.75, 3.05) is 6.54 Å². The molecule has 1 atom stereocenters. The van der Waals surface area contributed by atoms with Gasteiger partial charge in [-0.1, -0.05) is 48.8 Å². The molecular weight excluding hydrogens is 250 g/mol. The molecule has 0 aromatic heterocycles. The Bertz CT molecular complexity index is 279. The van der Waals surface area contributed by atoms with Gasteiger partial charge in [0, 0.05) is 10.5 Å². The van der Waals surface area contributed by atoms with Gasteiger partial charge in [-0.2, -0.15) is 0 Å². The normalized spacial score (nSPS) is 13.1. The van der Waals surface area contributed by atoms with Gasteiger partial charge < -0.3 is 5.32 Å². The molecule has 1 aromatic carbocycles. The molecule has 0 fully saturated rings. The minimum Gasteiger partial charge on any atom is -0.310 e. The largest absolute Gasteiger partial charge is 0.310 e. The van der Waals surface area contributed by atoms with E-state index in [2.05, 4.69) is 66.3 Å². The highest BCUT2D eigenvalue weighted by Gasteiger charge is 2.13. The molecule has 2 heteroatoms. The molecule has 1 N–H and O–H groups in total. The molecule has 1 aromatic rings. The van der Waals surface area contributed by atoms with Crippen molar-refractivity contribution in [3.8, 4) is 0 Å². The first kappa shape index (κ1) is 12.7. The predicted molar refractivity (Wildman–Crippen MR) is 70.0 cm³/mol. The summed E-state index contributed by atoms with van der Waals surface area (Å²) in [5, 5.41) is 3.59. The van der Waals surface area contributed by atoms with E-state index in [1.807, 2.05) is 0 Å². The summed E-state index contributed by atoms with van der Waals surface area (Å²) in [5.41, 5.74) is 1.38. The molecule has 0 saturated carbocycles. The minimum atomic E-state index is 0.470. The first-order valence-corrected chi connectivity index (χ1v) is 6.43. The Hall–Kier alpha value is -0.340. The van der Waals surface area contributed by atoms with Crippen LogP contribution in [0.15, 0.2) is 28.7 Å². The fourth-order valence-electron chi connectivity index (χ4n) is 1.71. The predicted octanol–water partition coefficient (Wildman–Crippen LogP) is 4.15. The number of hydrogen-bond donors (Lipinski definition) is 1. The van der Waals surface area contributed by atoms with Gasteiger partial charge in [0.1, 0.15) is 0 Å². The number of halogens is 1. The van der Waals surface area contributed by atoms with Crippen LogP contribution in [0.3, 0.4) is 0 Å². The van der Waals surface area contributed by atoms with Crippen LogP contribution in [-0.2, 0) is 0 Å². The highest BCUT2D eigenvalue weighted by atomic mass is 79.9. The second kappa shape index (κ2) is 6.29. The van der Waals surface area contributed by atoms with Crippen LogP contribution in [0.2, 0.25) is 0 Å². The zero-order valence-corrected chi connectivity index (χ0v) is 11.3. The zero-order valence-electron chi connectivity index (χ0n) is 9.76. The van der Waals surface area contributed by atoms with E-state index in [0.29, 0.717) is 12.0 Å². The smallest absolute Gasteiger partial charge is 0.0343 e. The standard InChI is InChI=1S/C13H20BrN/c1-4-9-15-13(10(2)3)11-5-7-12(14)8-6-11/h5-8,10,13,15H,4,9H2,1-3H3. The van der Waals surface area contributed by atoms with Gasteiger partial charge in [0.15, 0.2) is 0 Å². The van der Waals surface area contributed by atoms with Crippen molar-refractivity contribution in [3.05, 3.63) is 34.3 Å². The van der Waals surface area contributed by atoms with Gasteiger partial charge in [-0.15, -0.1) is 0 Å². The van der Waals surface area contributed by atoms with Gasteiger partial charge in [0.2, 0.25) is 0 Å². The van der Waals surface area contributed by atoms with Crippen LogP contribution in [0.5, 0.6) is 0 Å². The van der Waals surface area contributed by atoms with Crippen LogP contribution < -0.4 is 5.32 Å². The van der Waals surface area contributed by atoms with Crippen LogP contribution in [0.1, 0.15) is 38.8 Å². The summed E-state index contributed by atoms with van der Waals surface area (Å²) >= 11 is 3.46. The maximum Gasteiger partial charge on any atom is 0.0343 e. The Morgan fingerprint density at radius 2 is 1.80 bits per heavy atom. The van der Waals surface area contributed by atoms with Gasteiger partial charge in [-0.05, 0) is 36.6 Å². The maximum atomic E-state index is 3.59. The van der Waals surface area contributed by atoms with Crippen molar-refractivity contribution < 1.29 is 0 Å². The Labute approximate surface area is 101 Å². The lowest BCUT2D eigenvalue weighted by atomic mass is 9.96. The summed E-state index contributed by atoms with van der Waals surface area (Å²) in [6.45, 7) is 7.80. The van der Waals surface area contributed by atoms with Crippen molar-refractivity contribution >= 4 is 15.9 Å². The van der Waals surface area contributed by atoms with Gasteiger partial charge in [-0.25, -0.2) is 0 Å². The van der Waals surface area contributed by atoms with E-state index >= 15 is 0 Å². The third kappa shape index (κ3) is 3.96. The van der Waals surface area contributed by atoms with E-state index in [0.717, 1.165) is 11.0 Å². The van der Waals surface area contributed by atoms with Gasteiger partial charge in [0.05, 0.1) is 0 Å². The highest BCUT2D eigenvalue weighted by molar-refractivity contribution is 9.10. The zero-order chi connectivity index (χ0) is 11.3. The number of hydrogen-bond acceptors (Lipinski definition) is 1. The lowest BCUT2D eigenvalue weighted by Gasteiger charge is -2.22. The summed E-state index contributed by atoms with van der Waals surface area (Å²) in [6.07, 6.45) is 1.18. The van der Waals surface area contributed by atoms with Crippen LogP contribution >= 0.6 is 15.9 Å². The fraction of sp³-hybridized carbons (Fsp3) is 0.538. The lowest BCUT2D eigenvalue weighted by Crippen LogP contribution is -2.26. The summed E-state index contributed by atoms with van der Waals surface area (Å²) in [7, 11) is 0. The van der Waals surface area contributed by atoms with Crippen LogP contribution in [0, 0.1) is 5.92 Å². The van der Waals surface area contributed by atoms with Crippen LogP contribution in [0.25, 0.3) is 0 Å². The van der Waals surface area contributed by atoms with E-state index in [1.54, 1.807) is 0 Å². The molecule has 0 aliphatic rings. The van der Waals surface area contributed by atoms with E-state index < -0.39 is 0 Å². The summed E-state index contributed by atoms with van der Waals surface area (Å²) in [4.78, 5) is 0. The van der Waals surface area contributed by atoms with Gasteiger partial charge >= 0.3 is 0 Å². The molecule has 1 unspecified atom stereocenters. The Kier molecular flexibility index (Phi) is 5.34. The third-order valence-electron chi connectivity index (χ3n) is 2.51. The van der Waals surface area contributed by atoms with Crippen LogP contribution in [0.4, 0.5) is 0 Å². The van der Waals surface area contributed by atoms with Crippen molar-refractivity contribution in [2.24, 2.45) is 5.92 Å². The third-order valence-corrected chi connectivity index (χ3v) is 3.04. The minimum absolute atomic E-state index is 0.470. The second-order valence-corrected chi connectivity index (χ2v) is 5.14. The maximum absolute atomic E-state index is 3.59. The second-order valence-electron chi connectivity index (χ2n) is 4.23. The Morgan fingerprint density at radius 1 is 1.20 bits per heavy atom. The monoisotopic (exact) mass is 269 g/mol. The van der Waals surface area contributed by atoms with Crippen molar-refractivity contribution in [1.82, 2.24) is 5.32 Å². The average molecular weight is 270 g/mol. The van der Waals surface area contributed by atoms with Crippen molar-refractivity contribution in [1.29, 1.82) is 0 Å². The topological polar surface area (TPSA) is 12.0 Å². The molecule has 15 heavy (non-hydrogen) atoms. The molecule has 1 rings (SSSR count). The Morgan fingerprint density at radius 3 is 2.27 bits per heavy atom. The van der Waals surface area contributed by atoms with Crippen molar-refractivity contribution in [2.45, 2.75) is 33.2 Å². The van der Waals surface area contributed by atoms with Gasteiger partial charge in [-0.3, -0.25) is 0 Å². The first-order chi connectivity index (χ1) is 7.15. The number of rotatable bonds is 5. The molecule has 0 radical (unpaired) electrons. The molecule has 0 heterocycles. The summed E-state index contributed by atoms with van der Waals surface area (Å²) in [5.74, 6) is 0.623. The molecule has 0 aliphatic carbocycles. The highest BCUT2D eigenvalue weighted by Crippen LogP contribution is 2.23. The molecule has 0 spiro atoms. The lowest BCUT2D eigenvalue weighted by molar-refractivity contribution is 0.413.